The highest BCUT2D eigenvalue weighted by molar-refractivity contribution is 7.13. The van der Waals surface area contributed by atoms with Crippen molar-refractivity contribution in [1.82, 2.24) is 4.98 Å². The van der Waals surface area contributed by atoms with Gasteiger partial charge in [0.15, 0.2) is 0 Å². The maximum Gasteiger partial charge on any atom is 0.129 e. The van der Waals surface area contributed by atoms with Gasteiger partial charge in [-0.1, -0.05) is 0 Å². The van der Waals surface area contributed by atoms with Gasteiger partial charge in [0.05, 0.1) is 18.4 Å². The lowest BCUT2D eigenvalue weighted by atomic mass is 10.1. The fraction of sp³-hybridized carbons (Fsp3) is 0.357. The third-order valence-corrected chi connectivity index (χ3v) is 3.93. The number of aromatic nitrogens is 1. The lowest BCUT2D eigenvalue weighted by Gasteiger charge is -2.09. The van der Waals surface area contributed by atoms with E-state index in [1.807, 2.05) is 12.3 Å². The van der Waals surface area contributed by atoms with Crippen LogP contribution in [-0.2, 0) is 0 Å². The number of ether oxygens (including phenoxy) is 1. The van der Waals surface area contributed by atoms with Gasteiger partial charge in [0.1, 0.15) is 10.8 Å². The molecule has 4 heteroatoms. The van der Waals surface area contributed by atoms with Crippen molar-refractivity contribution in [2.24, 2.45) is 5.73 Å². The van der Waals surface area contributed by atoms with E-state index in [0.717, 1.165) is 22.0 Å². The molecule has 0 saturated heterocycles. The molecule has 0 fully saturated rings. The van der Waals surface area contributed by atoms with Crippen LogP contribution in [0.25, 0.3) is 10.6 Å². The van der Waals surface area contributed by atoms with E-state index in [9.17, 15) is 0 Å². The first-order valence-corrected chi connectivity index (χ1v) is 6.77. The molecule has 0 radical (unpaired) electrons. The van der Waals surface area contributed by atoms with E-state index >= 15 is 0 Å². The molecule has 1 atom stereocenters. The summed E-state index contributed by atoms with van der Waals surface area (Å²) in [7, 11) is 1.69. The van der Waals surface area contributed by atoms with Crippen molar-refractivity contribution in [3.63, 3.8) is 0 Å². The van der Waals surface area contributed by atoms with Crippen molar-refractivity contribution in [2.45, 2.75) is 26.8 Å². The third kappa shape index (κ3) is 2.40. The predicted molar refractivity (Wildman–Crippen MR) is 76.2 cm³/mol. The Morgan fingerprint density at radius 2 is 1.94 bits per heavy atom. The fourth-order valence-corrected chi connectivity index (χ4v) is 2.69. The van der Waals surface area contributed by atoms with E-state index in [2.05, 4.69) is 31.0 Å². The molecule has 1 aromatic carbocycles. The van der Waals surface area contributed by atoms with Gasteiger partial charge in [-0.05, 0) is 44.0 Å². The highest BCUT2D eigenvalue weighted by Crippen LogP contribution is 2.35. The van der Waals surface area contributed by atoms with Crippen LogP contribution in [0, 0.1) is 13.8 Å². The summed E-state index contributed by atoms with van der Waals surface area (Å²) in [5.41, 5.74) is 10.3. The van der Waals surface area contributed by atoms with Gasteiger partial charge in [0.2, 0.25) is 0 Å². The van der Waals surface area contributed by atoms with Gasteiger partial charge in [0.25, 0.3) is 0 Å². The van der Waals surface area contributed by atoms with Crippen LogP contribution in [0.4, 0.5) is 0 Å². The average Bonchev–Trinajstić information content (AvgIpc) is 2.81. The Morgan fingerprint density at radius 3 is 2.50 bits per heavy atom. The second-order valence-corrected chi connectivity index (χ2v) is 5.36. The highest BCUT2D eigenvalue weighted by atomic mass is 32.1. The van der Waals surface area contributed by atoms with Crippen LogP contribution in [0.1, 0.15) is 29.8 Å². The molecule has 1 heterocycles. The van der Waals surface area contributed by atoms with Crippen molar-refractivity contribution in [3.05, 3.63) is 34.3 Å². The summed E-state index contributed by atoms with van der Waals surface area (Å²) < 4.78 is 5.44. The summed E-state index contributed by atoms with van der Waals surface area (Å²) in [6.07, 6.45) is 0. The summed E-state index contributed by atoms with van der Waals surface area (Å²) in [6.45, 7) is 6.12. The highest BCUT2D eigenvalue weighted by Gasteiger charge is 2.13. The third-order valence-electron chi connectivity index (χ3n) is 3.03. The zero-order valence-electron chi connectivity index (χ0n) is 11.2. The minimum atomic E-state index is -0.0347. The van der Waals surface area contributed by atoms with E-state index in [4.69, 9.17) is 10.5 Å². The standard InChI is InChI=1S/C14H18N2OS/c1-8-5-11(13(17-4)6-9(8)2)14-16-12(7-18-14)10(3)15/h5-7,10H,15H2,1-4H3. The van der Waals surface area contributed by atoms with Crippen molar-refractivity contribution in [1.29, 1.82) is 0 Å². The minimum absolute atomic E-state index is 0.0347. The predicted octanol–water partition coefficient (Wildman–Crippen LogP) is 3.46. The largest absolute Gasteiger partial charge is 0.496 e. The number of hydrogen-bond donors (Lipinski definition) is 1. The number of nitrogens with two attached hydrogens (primary N) is 1. The van der Waals surface area contributed by atoms with Gasteiger partial charge in [-0.3, -0.25) is 0 Å². The molecule has 3 nitrogen and oxygen atoms in total. The molecule has 18 heavy (non-hydrogen) atoms. The maximum atomic E-state index is 5.84. The molecule has 0 aliphatic carbocycles. The Bertz CT molecular complexity index is 561. The Morgan fingerprint density at radius 1 is 1.28 bits per heavy atom. The molecule has 2 rings (SSSR count). The van der Waals surface area contributed by atoms with Crippen molar-refractivity contribution >= 4 is 11.3 Å². The molecular weight excluding hydrogens is 244 g/mol. The van der Waals surface area contributed by atoms with Gasteiger partial charge in [0, 0.05) is 11.4 Å². The minimum Gasteiger partial charge on any atom is -0.496 e. The van der Waals surface area contributed by atoms with Gasteiger partial charge < -0.3 is 10.5 Å². The number of hydrogen-bond acceptors (Lipinski definition) is 4. The Balaban J connectivity index is 2.51. The number of nitrogens with zero attached hydrogens (tertiary/aromatic N) is 1. The number of benzene rings is 1. The van der Waals surface area contributed by atoms with Gasteiger partial charge in [-0.15, -0.1) is 11.3 Å². The topological polar surface area (TPSA) is 48.1 Å². The molecular formula is C14H18N2OS. The first kappa shape index (κ1) is 13.1. The number of thiazole rings is 1. The van der Waals surface area contributed by atoms with Crippen LogP contribution >= 0.6 is 11.3 Å². The smallest absolute Gasteiger partial charge is 0.129 e. The normalized spacial score (nSPS) is 12.5. The van der Waals surface area contributed by atoms with Crippen molar-refractivity contribution < 1.29 is 4.74 Å². The molecule has 2 aromatic rings. The average molecular weight is 262 g/mol. The molecule has 1 aromatic heterocycles. The van der Waals surface area contributed by atoms with Gasteiger partial charge in [-0.2, -0.15) is 0 Å². The molecule has 0 bridgehead atoms. The first-order chi connectivity index (χ1) is 8.52. The molecule has 96 valence electrons. The van der Waals surface area contributed by atoms with E-state index < -0.39 is 0 Å². The molecule has 0 amide bonds. The van der Waals surface area contributed by atoms with Crippen LogP contribution < -0.4 is 10.5 Å². The zero-order valence-corrected chi connectivity index (χ0v) is 12.0. The molecule has 0 aliphatic heterocycles. The SMILES string of the molecule is COc1cc(C)c(C)cc1-c1nc(C(C)N)cs1. The lowest BCUT2D eigenvalue weighted by molar-refractivity contribution is 0.416. The lowest BCUT2D eigenvalue weighted by Crippen LogP contribution is -2.04. The summed E-state index contributed by atoms with van der Waals surface area (Å²) in [4.78, 5) is 4.57. The zero-order chi connectivity index (χ0) is 13.3. The monoisotopic (exact) mass is 262 g/mol. The maximum absolute atomic E-state index is 5.84. The summed E-state index contributed by atoms with van der Waals surface area (Å²) in [5, 5.41) is 2.97. The second kappa shape index (κ2) is 5.08. The quantitative estimate of drug-likeness (QED) is 0.921. The van der Waals surface area contributed by atoms with Crippen molar-refractivity contribution in [3.8, 4) is 16.3 Å². The Labute approximate surface area is 112 Å². The van der Waals surface area contributed by atoms with Gasteiger partial charge >= 0.3 is 0 Å². The van der Waals surface area contributed by atoms with Crippen LogP contribution in [-0.4, -0.2) is 12.1 Å². The van der Waals surface area contributed by atoms with Gasteiger partial charge in [-0.25, -0.2) is 4.98 Å². The Hall–Kier alpha value is -1.39. The van der Waals surface area contributed by atoms with Crippen molar-refractivity contribution in [2.75, 3.05) is 7.11 Å². The van der Waals surface area contributed by atoms with Crippen LogP contribution in [0.2, 0.25) is 0 Å². The number of aryl methyl sites for hydroxylation is 2. The molecule has 0 spiro atoms. The van der Waals surface area contributed by atoms with Crippen LogP contribution in [0.5, 0.6) is 5.75 Å². The van der Waals surface area contributed by atoms with E-state index in [1.165, 1.54) is 11.1 Å². The molecule has 0 aliphatic rings. The second-order valence-electron chi connectivity index (χ2n) is 4.50. The van der Waals surface area contributed by atoms with E-state index in [0.29, 0.717) is 0 Å². The molecule has 0 saturated carbocycles. The summed E-state index contributed by atoms with van der Waals surface area (Å²) >= 11 is 1.60. The van der Waals surface area contributed by atoms with Crippen LogP contribution in [0.15, 0.2) is 17.5 Å². The molecule has 1 unspecified atom stereocenters. The number of methoxy groups -OCH3 is 1. The summed E-state index contributed by atoms with van der Waals surface area (Å²) in [6, 6.07) is 4.14. The van der Waals surface area contributed by atoms with E-state index in [1.54, 1.807) is 18.4 Å². The molecule has 2 N–H and O–H groups in total. The first-order valence-electron chi connectivity index (χ1n) is 5.89. The van der Waals surface area contributed by atoms with Crippen LogP contribution in [0.3, 0.4) is 0 Å². The Kier molecular flexibility index (Phi) is 3.68. The summed E-state index contributed by atoms with van der Waals surface area (Å²) in [5.74, 6) is 0.865. The van der Waals surface area contributed by atoms with E-state index in [-0.39, 0.29) is 6.04 Å². The number of rotatable bonds is 3. The fourth-order valence-electron chi connectivity index (χ4n) is 1.74.